The molecule has 2 N–H and O–H groups in total. The van der Waals surface area contributed by atoms with E-state index in [1.807, 2.05) is 31.2 Å². The molecule has 0 aromatic heterocycles. The number of hydrogen-bond acceptors (Lipinski definition) is 2. The fourth-order valence-corrected chi connectivity index (χ4v) is 2.80. The maximum absolute atomic E-state index is 11.8. The highest BCUT2D eigenvalue weighted by atomic mass is 16.5. The fraction of sp³-hybridized carbons (Fsp3) is 0.588. The topological polar surface area (TPSA) is 50.4 Å². The van der Waals surface area contributed by atoms with E-state index in [9.17, 15) is 4.79 Å². The Morgan fingerprint density at radius 2 is 2.14 bits per heavy atom. The lowest BCUT2D eigenvalue weighted by Crippen LogP contribution is -2.34. The van der Waals surface area contributed by atoms with E-state index in [4.69, 9.17) is 4.74 Å². The normalized spacial score (nSPS) is 21.8. The number of benzene rings is 1. The summed E-state index contributed by atoms with van der Waals surface area (Å²) in [5.41, 5.74) is 1.94. The van der Waals surface area contributed by atoms with Crippen molar-refractivity contribution in [1.29, 1.82) is 0 Å². The summed E-state index contributed by atoms with van der Waals surface area (Å²) in [6.07, 6.45) is 5.34. The summed E-state index contributed by atoms with van der Waals surface area (Å²) < 4.78 is 5.87. The third-order valence-corrected chi connectivity index (χ3v) is 4.03. The van der Waals surface area contributed by atoms with E-state index in [2.05, 4.69) is 17.6 Å². The smallest absolute Gasteiger partial charge is 0.319 e. The Balaban J connectivity index is 1.63. The highest BCUT2D eigenvalue weighted by molar-refractivity contribution is 5.89. The van der Waals surface area contributed by atoms with Crippen LogP contribution in [-0.2, 0) is 4.74 Å². The molecule has 116 valence electrons. The summed E-state index contributed by atoms with van der Waals surface area (Å²) in [5.74, 6) is 0.639. The highest BCUT2D eigenvalue weighted by Crippen LogP contribution is 2.25. The number of hydrogen-bond donors (Lipinski definition) is 2. The predicted molar refractivity (Wildman–Crippen MR) is 85.6 cm³/mol. The van der Waals surface area contributed by atoms with E-state index in [-0.39, 0.29) is 6.03 Å². The van der Waals surface area contributed by atoms with Crippen LogP contribution < -0.4 is 10.6 Å². The van der Waals surface area contributed by atoms with Crippen LogP contribution in [0.1, 0.15) is 38.2 Å². The van der Waals surface area contributed by atoms with Crippen molar-refractivity contribution in [2.45, 2.75) is 45.6 Å². The number of carbonyl (C=O) groups is 1. The van der Waals surface area contributed by atoms with Gasteiger partial charge in [-0.15, -0.1) is 0 Å². The van der Waals surface area contributed by atoms with Gasteiger partial charge in [-0.3, -0.25) is 0 Å². The van der Waals surface area contributed by atoms with Crippen LogP contribution >= 0.6 is 0 Å². The fourth-order valence-electron chi connectivity index (χ4n) is 2.80. The lowest BCUT2D eigenvalue weighted by molar-refractivity contribution is -0.00232. The molecule has 2 amide bonds. The number of urea groups is 1. The molecule has 1 saturated carbocycles. The van der Waals surface area contributed by atoms with Crippen LogP contribution in [0.5, 0.6) is 0 Å². The van der Waals surface area contributed by atoms with Gasteiger partial charge in [-0.1, -0.05) is 31.9 Å². The lowest BCUT2D eigenvalue weighted by Gasteiger charge is -2.28. The van der Waals surface area contributed by atoms with Gasteiger partial charge in [0, 0.05) is 12.2 Å². The van der Waals surface area contributed by atoms with Gasteiger partial charge in [0.25, 0.3) is 0 Å². The van der Waals surface area contributed by atoms with Crippen molar-refractivity contribution in [1.82, 2.24) is 5.32 Å². The second kappa shape index (κ2) is 8.03. The van der Waals surface area contributed by atoms with Crippen molar-refractivity contribution < 1.29 is 9.53 Å². The average molecular weight is 290 g/mol. The SMILES string of the molecule is Cc1cccc(NC(=O)NCCOC2CCCCC2C)c1. The van der Waals surface area contributed by atoms with Crippen LogP contribution in [0, 0.1) is 12.8 Å². The molecule has 2 rings (SSSR count). The largest absolute Gasteiger partial charge is 0.376 e. The number of anilines is 1. The van der Waals surface area contributed by atoms with Gasteiger partial charge in [-0.2, -0.15) is 0 Å². The van der Waals surface area contributed by atoms with Gasteiger partial charge >= 0.3 is 6.03 Å². The third-order valence-electron chi connectivity index (χ3n) is 4.03. The molecule has 0 spiro atoms. The summed E-state index contributed by atoms with van der Waals surface area (Å²) in [5, 5.41) is 5.65. The van der Waals surface area contributed by atoms with E-state index in [0.29, 0.717) is 25.2 Å². The Labute approximate surface area is 127 Å². The quantitative estimate of drug-likeness (QED) is 0.812. The molecular weight excluding hydrogens is 264 g/mol. The molecule has 1 aromatic rings. The summed E-state index contributed by atoms with van der Waals surface area (Å²) >= 11 is 0. The minimum absolute atomic E-state index is 0.180. The van der Waals surface area contributed by atoms with Gasteiger partial charge in [0.2, 0.25) is 0 Å². The monoisotopic (exact) mass is 290 g/mol. The minimum Gasteiger partial charge on any atom is -0.376 e. The third kappa shape index (κ3) is 5.38. The first-order valence-corrected chi connectivity index (χ1v) is 7.88. The number of aryl methyl sites for hydroxylation is 1. The molecule has 0 bridgehead atoms. The Morgan fingerprint density at radius 1 is 1.33 bits per heavy atom. The molecule has 2 atom stereocenters. The molecule has 1 aliphatic carbocycles. The number of nitrogens with one attached hydrogen (secondary N) is 2. The van der Waals surface area contributed by atoms with Crippen molar-refractivity contribution in [3.63, 3.8) is 0 Å². The van der Waals surface area contributed by atoms with Gasteiger partial charge in [0.15, 0.2) is 0 Å². The van der Waals surface area contributed by atoms with Crippen LogP contribution in [0.3, 0.4) is 0 Å². The van der Waals surface area contributed by atoms with Gasteiger partial charge in [-0.05, 0) is 43.4 Å². The van der Waals surface area contributed by atoms with Crippen LogP contribution in [0.4, 0.5) is 10.5 Å². The number of rotatable bonds is 5. The van der Waals surface area contributed by atoms with E-state index >= 15 is 0 Å². The Morgan fingerprint density at radius 3 is 2.90 bits per heavy atom. The van der Waals surface area contributed by atoms with Crippen molar-refractivity contribution in [2.75, 3.05) is 18.5 Å². The Hall–Kier alpha value is -1.55. The van der Waals surface area contributed by atoms with Gasteiger partial charge in [0.1, 0.15) is 0 Å². The molecule has 0 saturated heterocycles. The van der Waals surface area contributed by atoms with E-state index in [0.717, 1.165) is 17.7 Å². The molecule has 1 aromatic carbocycles. The van der Waals surface area contributed by atoms with E-state index < -0.39 is 0 Å². The average Bonchev–Trinajstić information content (AvgIpc) is 2.45. The predicted octanol–water partition coefficient (Wildman–Crippen LogP) is 3.71. The van der Waals surface area contributed by atoms with E-state index in [1.165, 1.54) is 19.3 Å². The number of carbonyl (C=O) groups excluding carboxylic acids is 1. The van der Waals surface area contributed by atoms with Gasteiger partial charge < -0.3 is 15.4 Å². The standard InChI is InChI=1S/C17H26N2O2/c1-13-6-5-8-15(12-13)19-17(20)18-10-11-21-16-9-4-3-7-14(16)2/h5-6,8,12,14,16H,3-4,7,9-11H2,1-2H3,(H2,18,19,20). The van der Waals surface area contributed by atoms with Crippen molar-refractivity contribution in [3.8, 4) is 0 Å². The molecule has 0 radical (unpaired) electrons. The highest BCUT2D eigenvalue weighted by Gasteiger charge is 2.21. The lowest BCUT2D eigenvalue weighted by atomic mass is 9.88. The molecule has 1 aliphatic rings. The second-order valence-corrected chi connectivity index (χ2v) is 5.92. The number of ether oxygens (including phenoxy) is 1. The van der Waals surface area contributed by atoms with Crippen LogP contribution in [-0.4, -0.2) is 25.3 Å². The minimum atomic E-state index is -0.180. The first-order valence-electron chi connectivity index (χ1n) is 7.88. The molecule has 1 fully saturated rings. The summed E-state index contributed by atoms with van der Waals surface area (Å²) in [7, 11) is 0. The van der Waals surface area contributed by atoms with Crippen molar-refractivity contribution >= 4 is 11.7 Å². The molecular formula is C17H26N2O2. The maximum atomic E-state index is 11.8. The zero-order valence-corrected chi connectivity index (χ0v) is 13.0. The van der Waals surface area contributed by atoms with E-state index in [1.54, 1.807) is 0 Å². The number of amides is 2. The van der Waals surface area contributed by atoms with Crippen LogP contribution in [0.2, 0.25) is 0 Å². The molecule has 0 aliphatic heterocycles. The maximum Gasteiger partial charge on any atom is 0.319 e. The molecule has 2 unspecified atom stereocenters. The van der Waals surface area contributed by atoms with Gasteiger partial charge in [0.05, 0.1) is 12.7 Å². The Bertz CT molecular complexity index is 462. The van der Waals surface area contributed by atoms with Crippen LogP contribution in [0.15, 0.2) is 24.3 Å². The zero-order chi connectivity index (χ0) is 15.1. The van der Waals surface area contributed by atoms with Gasteiger partial charge in [-0.25, -0.2) is 4.79 Å². The van der Waals surface area contributed by atoms with Crippen LogP contribution in [0.25, 0.3) is 0 Å². The first kappa shape index (κ1) is 15.8. The summed E-state index contributed by atoms with van der Waals surface area (Å²) in [6, 6.07) is 7.58. The second-order valence-electron chi connectivity index (χ2n) is 5.92. The molecule has 0 heterocycles. The van der Waals surface area contributed by atoms with Crippen molar-refractivity contribution in [2.24, 2.45) is 5.92 Å². The Kier molecular flexibility index (Phi) is 6.05. The molecule has 4 nitrogen and oxygen atoms in total. The zero-order valence-electron chi connectivity index (χ0n) is 13.0. The summed E-state index contributed by atoms with van der Waals surface area (Å²) in [6.45, 7) is 5.38. The first-order chi connectivity index (χ1) is 10.1. The molecule has 4 heteroatoms. The molecule has 21 heavy (non-hydrogen) atoms. The summed E-state index contributed by atoms with van der Waals surface area (Å²) in [4.78, 5) is 11.8. The van der Waals surface area contributed by atoms with Crippen molar-refractivity contribution in [3.05, 3.63) is 29.8 Å².